The molecule has 1 rings (SSSR count). The van der Waals surface area contributed by atoms with Crippen molar-refractivity contribution < 1.29 is 23.9 Å². The first-order valence-electron chi connectivity index (χ1n) is 4.83. The quantitative estimate of drug-likeness (QED) is 0.432. The molecule has 0 unspecified atom stereocenters. The zero-order valence-corrected chi connectivity index (χ0v) is 9.88. The number of nitrogens with zero attached hydrogens (tertiary/aromatic N) is 1. The number of ether oxygens (including phenoxy) is 2. The maximum atomic E-state index is 11.4. The zero-order chi connectivity index (χ0) is 13.5. The van der Waals surface area contributed by atoms with Crippen LogP contribution in [0.4, 0.5) is 15.3 Å². The van der Waals surface area contributed by atoms with Crippen LogP contribution >= 0.6 is 0 Å². The van der Waals surface area contributed by atoms with E-state index < -0.39 is 12.2 Å². The van der Waals surface area contributed by atoms with Gasteiger partial charge in [-0.3, -0.25) is 4.84 Å². The Bertz CT molecular complexity index is 474. The van der Waals surface area contributed by atoms with Gasteiger partial charge >= 0.3 is 12.2 Å². The van der Waals surface area contributed by atoms with Crippen molar-refractivity contribution in [3.05, 3.63) is 29.8 Å². The minimum absolute atomic E-state index is 0.284. The predicted molar refractivity (Wildman–Crippen MR) is 62.8 cm³/mol. The van der Waals surface area contributed by atoms with Crippen molar-refractivity contribution in [3.8, 4) is 12.3 Å². The standard InChI is InChI=1S/C12H11NO5/c1-4-9-5-7-10(8-6-9)13(11(14)16-2)18-12(15)17-3/h1,5-8H,2-3H3. The molecule has 0 saturated heterocycles. The monoisotopic (exact) mass is 249 g/mol. The SMILES string of the molecule is C#Cc1ccc(N(OC(=O)OC)C(=O)OC)cc1. The van der Waals surface area contributed by atoms with Crippen molar-refractivity contribution in [1.29, 1.82) is 0 Å². The van der Waals surface area contributed by atoms with Crippen LogP contribution in [0.5, 0.6) is 0 Å². The van der Waals surface area contributed by atoms with Gasteiger partial charge in [-0.05, 0) is 24.3 Å². The minimum Gasteiger partial charge on any atom is -0.450 e. The molecule has 0 aliphatic heterocycles. The van der Waals surface area contributed by atoms with Gasteiger partial charge in [-0.15, -0.1) is 11.5 Å². The van der Waals surface area contributed by atoms with E-state index in [1.54, 1.807) is 12.1 Å². The molecule has 6 nitrogen and oxygen atoms in total. The van der Waals surface area contributed by atoms with Gasteiger partial charge in [0, 0.05) is 5.56 Å². The molecule has 0 heterocycles. The Hall–Kier alpha value is -2.68. The van der Waals surface area contributed by atoms with Crippen molar-refractivity contribution in [1.82, 2.24) is 0 Å². The first kappa shape index (κ1) is 13.4. The van der Waals surface area contributed by atoms with Crippen molar-refractivity contribution in [2.75, 3.05) is 19.3 Å². The zero-order valence-electron chi connectivity index (χ0n) is 9.88. The van der Waals surface area contributed by atoms with Gasteiger partial charge in [0.1, 0.15) is 0 Å². The molecule has 1 aromatic carbocycles. The minimum atomic E-state index is -1.04. The fourth-order valence-electron chi connectivity index (χ4n) is 1.08. The third kappa shape index (κ3) is 3.15. The van der Waals surface area contributed by atoms with Crippen LogP contribution in [0.1, 0.15) is 5.56 Å². The first-order chi connectivity index (χ1) is 8.62. The fraction of sp³-hybridized carbons (Fsp3) is 0.167. The smallest absolute Gasteiger partial charge is 0.450 e. The summed E-state index contributed by atoms with van der Waals surface area (Å²) in [7, 11) is 2.28. The predicted octanol–water partition coefficient (Wildman–Crippen LogP) is 1.94. The molecule has 0 aliphatic carbocycles. The molecule has 0 saturated carbocycles. The molecular weight excluding hydrogens is 238 g/mol. The van der Waals surface area contributed by atoms with Gasteiger partial charge in [-0.1, -0.05) is 5.92 Å². The molecule has 0 spiro atoms. The summed E-state index contributed by atoms with van der Waals surface area (Å²) in [5, 5.41) is 0.659. The van der Waals surface area contributed by atoms with Crippen LogP contribution in [0.15, 0.2) is 24.3 Å². The molecule has 0 bridgehead atoms. The van der Waals surface area contributed by atoms with E-state index in [1.165, 1.54) is 12.1 Å². The van der Waals surface area contributed by atoms with Crippen molar-refractivity contribution in [2.24, 2.45) is 0 Å². The van der Waals surface area contributed by atoms with E-state index in [-0.39, 0.29) is 5.69 Å². The lowest BCUT2D eigenvalue weighted by molar-refractivity contribution is 0.0572. The van der Waals surface area contributed by atoms with Crippen LogP contribution in [-0.2, 0) is 14.3 Å². The summed E-state index contributed by atoms with van der Waals surface area (Å²) < 4.78 is 8.78. The second-order valence-corrected chi connectivity index (χ2v) is 3.00. The highest BCUT2D eigenvalue weighted by molar-refractivity contribution is 5.87. The van der Waals surface area contributed by atoms with E-state index in [0.29, 0.717) is 10.6 Å². The first-order valence-corrected chi connectivity index (χ1v) is 4.83. The average molecular weight is 249 g/mol. The molecule has 18 heavy (non-hydrogen) atoms. The molecule has 94 valence electrons. The van der Waals surface area contributed by atoms with Gasteiger partial charge in [0.25, 0.3) is 0 Å². The highest BCUT2D eigenvalue weighted by Crippen LogP contribution is 2.17. The molecule has 0 aliphatic rings. The van der Waals surface area contributed by atoms with Crippen LogP contribution in [0.3, 0.4) is 0 Å². The topological polar surface area (TPSA) is 65.1 Å². The number of anilines is 1. The largest absolute Gasteiger partial charge is 0.533 e. The van der Waals surface area contributed by atoms with Crippen LogP contribution in [0.2, 0.25) is 0 Å². The molecule has 0 radical (unpaired) electrons. The van der Waals surface area contributed by atoms with Gasteiger partial charge in [0.2, 0.25) is 0 Å². The van der Waals surface area contributed by atoms with E-state index in [2.05, 4.69) is 20.2 Å². The second kappa shape index (κ2) is 6.15. The summed E-state index contributed by atoms with van der Waals surface area (Å²) in [6.45, 7) is 0. The lowest BCUT2D eigenvalue weighted by Crippen LogP contribution is -2.33. The third-order valence-corrected chi connectivity index (χ3v) is 1.94. The van der Waals surface area contributed by atoms with Crippen LogP contribution in [-0.4, -0.2) is 26.5 Å². The van der Waals surface area contributed by atoms with Crippen LogP contribution in [0, 0.1) is 12.3 Å². The maximum absolute atomic E-state index is 11.4. The lowest BCUT2D eigenvalue weighted by Gasteiger charge is -2.18. The third-order valence-electron chi connectivity index (χ3n) is 1.94. The molecule has 0 N–H and O–H groups in total. The number of amides is 1. The average Bonchev–Trinajstić information content (AvgIpc) is 2.43. The van der Waals surface area contributed by atoms with E-state index in [0.717, 1.165) is 14.2 Å². The summed E-state index contributed by atoms with van der Waals surface area (Å²) in [6.07, 6.45) is 3.30. The highest BCUT2D eigenvalue weighted by Gasteiger charge is 2.21. The molecular formula is C12H11NO5. The number of rotatable bonds is 1. The number of hydrogen-bond donors (Lipinski definition) is 0. The maximum Gasteiger partial charge on any atom is 0.533 e. The fourth-order valence-corrected chi connectivity index (χ4v) is 1.08. The highest BCUT2D eigenvalue weighted by atomic mass is 16.8. The van der Waals surface area contributed by atoms with Crippen molar-refractivity contribution >= 4 is 17.9 Å². The van der Waals surface area contributed by atoms with Gasteiger partial charge in [-0.25, -0.2) is 9.59 Å². The molecule has 0 fully saturated rings. The van der Waals surface area contributed by atoms with E-state index >= 15 is 0 Å². The Morgan fingerprint density at radius 2 is 1.78 bits per heavy atom. The summed E-state index contributed by atoms with van der Waals surface area (Å²) in [5.74, 6) is 2.42. The van der Waals surface area contributed by atoms with Gasteiger partial charge in [0.15, 0.2) is 0 Å². The molecule has 1 amide bonds. The summed E-state index contributed by atoms with van der Waals surface area (Å²) >= 11 is 0. The Labute approximate surface area is 104 Å². The Kier molecular flexibility index (Phi) is 4.58. The number of terminal acetylenes is 1. The van der Waals surface area contributed by atoms with Crippen molar-refractivity contribution in [3.63, 3.8) is 0 Å². The van der Waals surface area contributed by atoms with Crippen LogP contribution in [0.25, 0.3) is 0 Å². The summed E-state index contributed by atoms with van der Waals surface area (Å²) in [6, 6.07) is 6.20. The molecule has 6 heteroatoms. The molecule has 1 aromatic rings. The number of hydrogen-bond acceptors (Lipinski definition) is 5. The molecule has 0 atom stereocenters. The number of carbonyl (C=O) groups is 2. The van der Waals surface area contributed by atoms with Gasteiger partial charge in [-0.2, -0.15) is 0 Å². The van der Waals surface area contributed by atoms with Gasteiger partial charge < -0.3 is 9.47 Å². The lowest BCUT2D eigenvalue weighted by atomic mass is 10.2. The summed E-state index contributed by atoms with van der Waals surface area (Å²) in [5.41, 5.74) is 0.910. The number of carbonyl (C=O) groups excluding carboxylic acids is 2. The number of benzene rings is 1. The van der Waals surface area contributed by atoms with E-state index in [1.807, 2.05) is 0 Å². The Balaban J connectivity index is 2.98. The number of methoxy groups -OCH3 is 2. The second-order valence-electron chi connectivity index (χ2n) is 3.00. The van der Waals surface area contributed by atoms with Gasteiger partial charge in [0.05, 0.1) is 19.9 Å². The number of hydroxylamine groups is 1. The Morgan fingerprint density at radius 1 is 1.17 bits per heavy atom. The van der Waals surface area contributed by atoms with Crippen molar-refractivity contribution in [2.45, 2.75) is 0 Å². The normalized spacial score (nSPS) is 8.94. The van der Waals surface area contributed by atoms with E-state index in [9.17, 15) is 9.59 Å². The molecule has 0 aromatic heterocycles. The summed E-state index contributed by atoms with van der Waals surface area (Å²) in [4.78, 5) is 27.1. The van der Waals surface area contributed by atoms with E-state index in [4.69, 9.17) is 6.42 Å². The van der Waals surface area contributed by atoms with Crippen LogP contribution < -0.4 is 5.06 Å². The Morgan fingerprint density at radius 3 is 2.22 bits per heavy atom.